The summed E-state index contributed by atoms with van der Waals surface area (Å²) in [6.45, 7) is 0. The van der Waals surface area contributed by atoms with E-state index >= 15 is 0 Å². The molecule has 0 aliphatic carbocycles. The van der Waals surface area contributed by atoms with Crippen LogP contribution in [0.1, 0.15) is 0 Å². The Labute approximate surface area is 301 Å². The summed E-state index contributed by atoms with van der Waals surface area (Å²) in [6, 6.07) is 66.5. The van der Waals surface area contributed by atoms with E-state index in [1.165, 1.54) is 54.2 Å². The fraction of sp³-hybridized carbons (Fsp3) is 0. The zero-order chi connectivity index (χ0) is 34.4. The molecular formula is C49H31N3. The third kappa shape index (κ3) is 5.19. The van der Waals surface area contributed by atoms with Crippen LogP contribution in [-0.2, 0) is 0 Å². The largest absolute Gasteiger partial charge is 0.208 e. The van der Waals surface area contributed by atoms with Gasteiger partial charge in [-0.3, -0.25) is 0 Å². The van der Waals surface area contributed by atoms with E-state index in [0.717, 1.165) is 27.8 Å². The topological polar surface area (TPSA) is 38.7 Å². The molecule has 0 unspecified atom stereocenters. The van der Waals surface area contributed by atoms with Crippen molar-refractivity contribution >= 4 is 43.1 Å². The van der Waals surface area contributed by atoms with Gasteiger partial charge in [-0.1, -0.05) is 176 Å². The Bertz CT molecular complexity index is 2950. The van der Waals surface area contributed by atoms with Crippen molar-refractivity contribution in [2.45, 2.75) is 0 Å². The van der Waals surface area contributed by atoms with Crippen LogP contribution in [0.25, 0.3) is 99.5 Å². The zero-order valence-electron chi connectivity index (χ0n) is 28.2. The smallest absolute Gasteiger partial charge is 0.164 e. The highest BCUT2D eigenvalue weighted by Gasteiger charge is 2.19. The molecule has 3 heteroatoms. The molecule has 10 aromatic rings. The third-order valence-electron chi connectivity index (χ3n) is 10.1. The summed E-state index contributed by atoms with van der Waals surface area (Å²) >= 11 is 0. The maximum absolute atomic E-state index is 5.22. The lowest BCUT2D eigenvalue weighted by Gasteiger charge is -2.17. The van der Waals surface area contributed by atoms with Crippen molar-refractivity contribution in [1.29, 1.82) is 0 Å². The molecule has 10 rings (SSSR count). The number of aromatic nitrogens is 3. The fourth-order valence-corrected chi connectivity index (χ4v) is 7.53. The summed E-state index contributed by atoms with van der Waals surface area (Å²) in [5, 5.41) is 9.75. The van der Waals surface area contributed by atoms with Crippen molar-refractivity contribution < 1.29 is 0 Å². The maximum atomic E-state index is 5.22. The van der Waals surface area contributed by atoms with Crippen LogP contribution >= 0.6 is 0 Å². The molecule has 0 fully saturated rings. The third-order valence-corrected chi connectivity index (χ3v) is 10.1. The van der Waals surface area contributed by atoms with Crippen molar-refractivity contribution in [2.75, 3.05) is 0 Å². The van der Waals surface area contributed by atoms with Gasteiger partial charge < -0.3 is 0 Å². The van der Waals surface area contributed by atoms with E-state index in [0.29, 0.717) is 17.5 Å². The molecule has 0 spiro atoms. The minimum atomic E-state index is 0.637. The highest BCUT2D eigenvalue weighted by atomic mass is 15.0. The number of fused-ring (bicyclic) bond motifs is 5. The molecule has 0 atom stereocenters. The quantitative estimate of drug-likeness (QED) is 0.136. The SMILES string of the molecule is c1ccc(-c2nc(-c3ccc(-c4ccc5ccccc5c4)cc3)nc(-c3ccccc3-c3c4ccccc4cc4c3ccc3ccccc34)n2)cc1. The second-order valence-corrected chi connectivity index (χ2v) is 13.2. The molecule has 242 valence electrons. The molecule has 0 saturated heterocycles. The molecule has 1 heterocycles. The molecule has 0 saturated carbocycles. The molecule has 0 bridgehead atoms. The number of hydrogen-bond acceptors (Lipinski definition) is 3. The lowest BCUT2D eigenvalue weighted by Crippen LogP contribution is -2.01. The van der Waals surface area contributed by atoms with Gasteiger partial charge in [-0.25, -0.2) is 15.0 Å². The summed E-state index contributed by atoms with van der Waals surface area (Å²) in [5.74, 6) is 1.92. The van der Waals surface area contributed by atoms with E-state index in [-0.39, 0.29) is 0 Å². The average molecular weight is 662 g/mol. The summed E-state index contributed by atoms with van der Waals surface area (Å²) in [5.41, 5.74) is 7.43. The van der Waals surface area contributed by atoms with Gasteiger partial charge in [0.2, 0.25) is 0 Å². The summed E-state index contributed by atoms with van der Waals surface area (Å²) < 4.78 is 0. The Hall–Kier alpha value is -6.97. The first-order valence-corrected chi connectivity index (χ1v) is 17.6. The van der Waals surface area contributed by atoms with Crippen molar-refractivity contribution in [3.05, 3.63) is 188 Å². The van der Waals surface area contributed by atoms with Crippen LogP contribution in [0.2, 0.25) is 0 Å². The summed E-state index contributed by atoms with van der Waals surface area (Å²) in [6.07, 6.45) is 0. The van der Waals surface area contributed by atoms with Crippen LogP contribution in [0.3, 0.4) is 0 Å². The highest BCUT2D eigenvalue weighted by Crippen LogP contribution is 2.43. The number of nitrogens with zero attached hydrogens (tertiary/aromatic N) is 3. The van der Waals surface area contributed by atoms with Crippen LogP contribution in [0, 0.1) is 0 Å². The van der Waals surface area contributed by atoms with Gasteiger partial charge in [-0.05, 0) is 77.5 Å². The molecule has 0 radical (unpaired) electrons. The second-order valence-electron chi connectivity index (χ2n) is 13.2. The molecule has 0 amide bonds. The van der Waals surface area contributed by atoms with Gasteiger partial charge in [0.05, 0.1) is 0 Å². The number of benzene rings is 9. The van der Waals surface area contributed by atoms with Gasteiger partial charge in [0.25, 0.3) is 0 Å². The first-order valence-electron chi connectivity index (χ1n) is 17.6. The minimum Gasteiger partial charge on any atom is -0.208 e. The Morgan fingerprint density at radius 2 is 0.788 bits per heavy atom. The second kappa shape index (κ2) is 12.4. The van der Waals surface area contributed by atoms with E-state index in [1.54, 1.807) is 0 Å². The molecule has 0 aliphatic heterocycles. The first kappa shape index (κ1) is 29.9. The Morgan fingerprint density at radius 1 is 0.250 bits per heavy atom. The summed E-state index contributed by atoms with van der Waals surface area (Å²) in [7, 11) is 0. The van der Waals surface area contributed by atoms with E-state index in [2.05, 4.69) is 170 Å². The lowest BCUT2D eigenvalue weighted by molar-refractivity contribution is 1.07. The highest BCUT2D eigenvalue weighted by molar-refractivity contribution is 6.21. The molecule has 9 aromatic carbocycles. The number of hydrogen-bond donors (Lipinski definition) is 0. The molecule has 0 aliphatic rings. The molecule has 1 aromatic heterocycles. The predicted molar refractivity (Wildman–Crippen MR) is 217 cm³/mol. The van der Waals surface area contributed by atoms with Crippen LogP contribution in [0.4, 0.5) is 0 Å². The van der Waals surface area contributed by atoms with E-state index in [4.69, 9.17) is 15.0 Å². The van der Waals surface area contributed by atoms with Crippen LogP contribution in [-0.4, -0.2) is 15.0 Å². The molecule has 52 heavy (non-hydrogen) atoms. The maximum Gasteiger partial charge on any atom is 0.164 e. The van der Waals surface area contributed by atoms with Crippen LogP contribution in [0.15, 0.2) is 188 Å². The molecule has 0 N–H and O–H groups in total. The van der Waals surface area contributed by atoms with Gasteiger partial charge in [-0.15, -0.1) is 0 Å². The van der Waals surface area contributed by atoms with Gasteiger partial charge >= 0.3 is 0 Å². The molecule has 3 nitrogen and oxygen atoms in total. The van der Waals surface area contributed by atoms with Crippen LogP contribution < -0.4 is 0 Å². The van der Waals surface area contributed by atoms with Crippen molar-refractivity contribution in [2.24, 2.45) is 0 Å². The van der Waals surface area contributed by atoms with Crippen molar-refractivity contribution in [3.8, 4) is 56.4 Å². The first-order chi connectivity index (χ1) is 25.8. The fourth-order valence-electron chi connectivity index (χ4n) is 7.53. The van der Waals surface area contributed by atoms with E-state index in [1.807, 2.05) is 18.2 Å². The Kier molecular flexibility index (Phi) is 7.14. The molecular weight excluding hydrogens is 631 g/mol. The normalized spacial score (nSPS) is 11.5. The minimum absolute atomic E-state index is 0.637. The summed E-state index contributed by atoms with van der Waals surface area (Å²) in [4.78, 5) is 15.4. The Balaban J connectivity index is 1.17. The van der Waals surface area contributed by atoms with Crippen molar-refractivity contribution in [1.82, 2.24) is 15.0 Å². The van der Waals surface area contributed by atoms with Gasteiger partial charge in [0, 0.05) is 16.7 Å². The zero-order valence-corrected chi connectivity index (χ0v) is 28.2. The standard InChI is InChI=1S/C49H31N3/c1-2-14-35(15-3-1)47-50-48(36-25-22-33(23-26-36)38-27-24-32-12-4-5-16-37(32)30-38)52-49(51-47)44-21-11-10-20-42(44)46-41-19-9-7-17-39(41)31-45-40-18-8-6-13-34(40)28-29-43(45)46/h1-31H. The van der Waals surface area contributed by atoms with Gasteiger partial charge in [-0.2, -0.15) is 0 Å². The van der Waals surface area contributed by atoms with Crippen molar-refractivity contribution in [3.63, 3.8) is 0 Å². The Morgan fingerprint density at radius 3 is 1.58 bits per heavy atom. The monoisotopic (exact) mass is 661 g/mol. The predicted octanol–water partition coefficient (Wildman–Crippen LogP) is 12.8. The van der Waals surface area contributed by atoms with Gasteiger partial charge in [0.1, 0.15) is 0 Å². The van der Waals surface area contributed by atoms with Crippen LogP contribution in [0.5, 0.6) is 0 Å². The van der Waals surface area contributed by atoms with E-state index < -0.39 is 0 Å². The number of rotatable bonds is 5. The average Bonchev–Trinajstić information content (AvgIpc) is 3.23. The van der Waals surface area contributed by atoms with E-state index in [9.17, 15) is 0 Å². The van der Waals surface area contributed by atoms with Gasteiger partial charge in [0.15, 0.2) is 17.5 Å². The lowest BCUT2D eigenvalue weighted by atomic mass is 9.88.